The monoisotopic (exact) mass is 212 g/mol. The lowest BCUT2D eigenvalue weighted by Gasteiger charge is -2.28. The number of alkyl halides is 2. The Bertz CT molecular complexity index is 154. The topological polar surface area (TPSA) is 38.5 Å². The Balaban J connectivity index is 2.44. The second kappa shape index (κ2) is 4.11. The molecule has 3 nitrogen and oxygen atoms in total. The minimum atomic E-state index is -0.904. The minimum Gasteiger partial charge on any atom is -0.383 e. The standard InChI is InChI=1S/C7H14Cl2N2O/c1-12-5-4-11-3-2-6(10)7(11,8)9/h6H,2-5,10H2,1H3. The summed E-state index contributed by atoms with van der Waals surface area (Å²) in [5.74, 6) is 0. The number of halogens is 2. The van der Waals surface area contributed by atoms with Gasteiger partial charge >= 0.3 is 0 Å². The molecule has 1 atom stereocenters. The summed E-state index contributed by atoms with van der Waals surface area (Å²) >= 11 is 12.1. The summed E-state index contributed by atoms with van der Waals surface area (Å²) in [6.07, 6.45) is 0.844. The van der Waals surface area contributed by atoms with Crippen molar-refractivity contribution in [2.75, 3.05) is 26.8 Å². The molecule has 1 fully saturated rings. The van der Waals surface area contributed by atoms with Gasteiger partial charge in [-0.1, -0.05) is 23.2 Å². The molecule has 2 N–H and O–H groups in total. The number of hydrogen-bond donors (Lipinski definition) is 1. The van der Waals surface area contributed by atoms with Crippen molar-refractivity contribution < 1.29 is 4.74 Å². The van der Waals surface area contributed by atoms with Gasteiger partial charge in [0.1, 0.15) is 0 Å². The highest BCUT2D eigenvalue weighted by Gasteiger charge is 2.43. The maximum absolute atomic E-state index is 6.03. The number of methoxy groups -OCH3 is 1. The number of hydrogen-bond acceptors (Lipinski definition) is 3. The van der Waals surface area contributed by atoms with E-state index >= 15 is 0 Å². The van der Waals surface area contributed by atoms with Crippen LogP contribution in [-0.2, 0) is 4.74 Å². The molecule has 72 valence electrons. The molecule has 0 saturated carbocycles. The van der Waals surface area contributed by atoms with Gasteiger partial charge in [-0.2, -0.15) is 0 Å². The zero-order chi connectivity index (χ0) is 9.19. The van der Waals surface area contributed by atoms with Gasteiger partial charge in [0.25, 0.3) is 0 Å². The molecule has 0 aromatic rings. The van der Waals surface area contributed by atoms with E-state index in [1.807, 2.05) is 4.90 Å². The molecule has 0 bridgehead atoms. The highest BCUT2D eigenvalue weighted by molar-refractivity contribution is 6.48. The molecule has 0 radical (unpaired) electrons. The van der Waals surface area contributed by atoms with Crippen LogP contribution in [0.1, 0.15) is 6.42 Å². The van der Waals surface area contributed by atoms with Crippen LogP contribution in [0.25, 0.3) is 0 Å². The van der Waals surface area contributed by atoms with Crippen molar-refractivity contribution in [3.05, 3.63) is 0 Å². The van der Waals surface area contributed by atoms with Gasteiger partial charge in [-0.05, 0) is 6.42 Å². The van der Waals surface area contributed by atoms with E-state index in [0.29, 0.717) is 6.61 Å². The van der Waals surface area contributed by atoms with Gasteiger partial charge in [0.2, 0.25) is 0 Å². The Morgan fingerprint density at radius 2 is 2.33 bits per heavy atom. The molecule has 1 unspecified atom stereocenters. The van der Waals surface area contributed by atoms with Crippen molar-refractivity contribution in [2.24, 2.45) is 5.73 Å². The largest absolute Gasteiger partial charge is 0.383 e. The molecular weight excluding hydrogens is 199 g/mol. The smallest absolute Gasteiger partial charge is 0.186 e. The zero-order valence-corrected chi connectivity index (χ0v) is 8.61. The average molecular weight is 213 g/mol. The summed E-state index contributed by atoms with van der Waals surface area (Å²) in [7, 11) is 1.65. The van der Waals surface area contributed by atoms with Crippen molar-refractivity contribution in [3.63, 3.8) is 0 Å². The lowest BCUT2D eigenvalue weighted by atomic mass is 10.3. The van der Waals surface area contributed by atoms with E-state index in [2.05, 4.69) is 0 Å². The van der Waals surface area contributed by atoms with Crippen molar-refractivity contribution >= 4 is 23.2 Å². The van der Waals surface area contributed by atoms with E-state index in [4.69, 9.17) is 33.7 Å². The van der Waals surface area contributed by atoms with E-state index in [-0.39, 0.29) is 6.04 Å². The molecule has 1 rings (SSSR count). The van der Waals surface area contributed by atoms with Gasteiger partial charge in [0.05, 0.1) is 12.6 Å². The van der Waals surface area contributed by atoms with Crippen LogP contribution in [-0.4, -0.2) is 42.2 Å². The number of ether oxygens (including phenoxy) is 1. The molecule has 0 spiro atoms. The predicted octanol–water partition coefficient (Wildman–Crippen LogP) is 0.797. The number of nitrogens with two attached hydrogens (primary N) is 1. The average Bonchev–Trinajstić information content (AvgIpc) is 2.25. The third kappa shape index (κ3) is 2.03. The summed E-state index contributed by atoms with van der Waals surface area (Å²) in [5.41, 5.74) is 5.73. The summed E-state index contributed by atoms with van der Waals surface area (Å²) in [6, 6.07) is -0.155. The Morgan fingerprint density at radius 3 is 2.75 bits per heavy atom. The van der Waals surface area contributed by atoms with E-state index in [1.54, 1.807) is 7.11 Å². The molecule has 5 heteroatoms. The number of rotatable bonds is 3. The summed E-state index contributed by atoms with van der Waals surface area (Å²) in [4.78, 5) is 1.93. The summed E-state index contributed by atoms with van der Waals surface area (Å²) in [5, 5.41) is 0. The minimum absolute atomic E-state index is 0.155. The van der Waals surface area contributed by atoms with Crippen molar-refractivity contribution in [3.8, 4) is 0 Å². The fraction of sp³-hybridized carbons (Fsp3) is 1.00. The van der Waals surface area contributed by atoms with Crippen molar-refractivity contribution in [1.82, 2.24) is 4.90 Å². The highest BCUT2D eigenvalue weighted by Crippen LogP contribution is 2.35. The lowest BCUT2D eigenvalue weighted by molar-refractivity contribution is 0.147. The second-order valence-corrected chi connectivity index (χ2v) is 4.31. The second-order valence-electron chi connectivity index (χ2n) is 2.96. The van der Waals surface area contributed by atoms with Gasteiger partial charge in [0.15, 0.2) is 4.46 Å². The predicted molar refractivity (Wildman–Crippen MR) is 50.5 cm³/mol. The third-order valence-electron chi connectivity index (χ3n) is 2.14. The van der Waals surface area contributed by atoms with Crippen LogP contribution in [0.15, 0.2) is 0 Å². The molecule has 0 aromatic heterocycles. The molecule has 1 aliphatic rings. The lowest BCUT2D eigenvalue weighted by Crippen LogP contribution is -2.45. The molecule has 0 aromatic carbocycles. The normalized spacial score (nSPS) is 29.5. The maximum atomic E-state index is 6.03. The van der Waals surface area contributed by atoms with Crippen molar-refractivity contribution in [1.29, 1.82) is 0 Å². The summed E-state index contributed by atoms with van der Waals surface area (Å²) in [6.45, 7) is 2.21. The van der Waals surface area contributed by atoms with E-state index in [9.17, 15) is 0 Å². The van der Waals surface area contributed by atoms with Gasteiger partial charge in [-0.3, -0.25) is 4.90 Å². The molecule has 1 aliphatic heterocycles. The van der Waals surface area contributed by atoms with Gasteiger partial charge in [0, 0.05) is 20.2 Å². The molecule has 12 heavy (non-hydrogen) atoms. The first-order valence-corrected chi connectivity index (χ1v) is 4.72. The van der Waals surface area contributed by atoms with Gasteiger partial charge in [-0.15, -0.1) is 0 Å². The zero-order valence-electron chi connectivity index (χ0n) is 7.09. The van der Waals surface area contributed by atoms with Crippen LogP contribution < -0.4 is 5.73 Å². The van der Waals surface area contributed by atoms with Gasteiger partial charge < -0.3 is 10.5 Å². The first-order chi connectivity index (χ1) is 5.59. The fourth-order valence-corrected chi connectivity index (χ4v) is 1.87. The van der Waals surface area contributed by atoms with E-state index < -0.39 is 4.46 Å². The number of likely N-dealkylation sites (tertiary alicyclic amines) is 1. The molecule has 1 heterocycles. The molecule has 0 amide bonds. The SMILES string of the molecule is COCCN1CCC(N)C1(Cl)Cl. The maximum Gasteiger partial charge on any atom is 0.186 e. The van der Waals surface area contributed by atoms with E-state index in [0.717, 1.165) is 19.5 Å². The highest BCUT2D eigenvalue weighted by atomic mass is 35.5. The molecule has 1 saturated heterocycles. The Labute approximate surface area is 82.7 Å². The quantitative estimate of drug-likeness (QED) is 0.556. The first kappa shape index (κ1) is 10.5. The molecular formula is C7H14Cl2N2O. The van der Waals surface area contributed by atoms with Crippen LogP contribution >= 0.6 is 23.2 Å². The molecule has 0 aliphatic carbocycles. The van der Waals surface area contributed by atoms with Crippen molar-refractivity contribution in [2.45, 2.75) is 16.9 Å². The third-order valence-corrected chi connectivity index (χ3v) is 3.18. The van der Waals surface area contributed by atoms with Crippen LogP contribution in [0.4, 0.5) is 0 Å². The van der Waals surface area contributed by atoms with Crippen LogP contribution in [0.3, 0.4) is 0 Å². The van der Waals surface area contributed by atoms with Crippen LogP contribution in [0.5, 0.6) is 0 Å². The first-order valence-electron chi connectivity index (χ1n) is 3.96. The van der Waals surface area contributed by atoms with Crippen LogP contribution in [0.2, 0.25) is 0 Å². The fourth-order valence-electron chi connectivity index (χ4n) is 1.31. The number of nitrogens with zero attached hydrogens (tertiary/aromatic N) is 1. The Hall–Kier alpha value is 0.460. The Morgan fingerprint density at radius 1 is 1.67 bits per heavy atom. The summed E-state index contributed by atoms with van der Waals surface area (Å²) < 4.78 is 4.03. The van der Waals surface area contributed by atoms with Gasteiger partial charge in [-0.25, -0.2) is 0 Å². The van der Waals surface area contributed by atoms with E-state index in [1.165, 1.54) is 0 Å². The van der Waals surface area contributed by atoms with Crippen LogP contribution in [0, 0.1) is 0 Å². The Kier molecular flexibility index (Phi) is 3.61.